The Morgan fingerprint density at radius 3 is 1.73 bits per heavy atom. The smallest absolute Gasteiger partial charge is 0.260 e. The molecule has 1 amide bonds. The van der Waals surface area contributed by atoms with Crippen molar-refractivity contribution in [2.45, 2.75) is 38.9 Å². The van der Waals surface area contributed by atoms with E-state index in [1.54, 1.807) is 0 Å². The molecule has 1 heterocycles. The topological polar surface area (TPSA) is 77.9 Å². The van der Waals surface area contributed by atoms with Gasteiger partial charge in [0.2, 0.25) is 10.0 Å². The van der Waals surface area contributed by atoms with E-state index in [2.05, 4.69) is 0 Å². The van der Waals surface area contributed by atoms with E-state index in [1.165, 1.54) is 27.7 Å². The van der Waals surface area contributed by atoms with E-state index in [4.69, 9.17) is 0 Å². The standard InChI is InChI=1S/C8H16N2O4S/c1-7(2)6(11)9(15(5,13)14)8(3,4)10(7)12/h12H,1-5H3. The van der Waals surface area contributed by atoms with E-state index >= 15 is 0 Å². The van der Waals surface area contributed by atoms with Crippen molar-refractivity contribution in [3.63, 3.8) is 0 Å². The van der Waals surface area contributed by atoms with E-state index < -0.39 is 27.1 Å². The molecule has 88 valence electrons. The molecule has 0 aromatic carbocycles. The largest absolute Gasteiger partial charge is 0.311 e. The molecule has 0 bridgehead atoms. The molecule has 0 radical (unpaired) electrons. The molecule has 0 aliphatic carbocycles. The highest BCUT2D eigenvalue weighted by Gasteiger charge is 2.59. The number of carbonyl (C=O) groups is 1. The molecule has 6 nitrogen and oxygen atoms in total. The summed E-state index contributed by atoms with van der Waals surface area (Å²) in [7, 11) is -3.68. The molecular weight excluding hydrogens is 220 g/mol. The second-order valence-electron chi connectivity index (χ2n) is 4.70. The van der Waals surface area contributed by atoms with Gasteiger partial charge in [-0.1, -0.05) is 0 Å². The SMILES string of the molecule is CC1(C)C(=O)N(S(C)(=O)=O)C(C)(C)N1O. The van der Waals surface area contributed by atoms with Crippen molar-refractivity contribution >= 4 is 15.9 Å². The Bertz CT molecular complexity index is 399. The maximum absolute atomic E-state index is 11.8. The highest BCUT2D eigenvalue weighted by molar-refractivity contribution is 7.89. The Balaban J connectivity index is 3.39. The third-order valence-corrected chi connectivity index (χ3v) is 3.86. The van der Waals surface area contributed by atoms with Gasteiger partial charge in [-0.15, -0.1) is 0 Å². The van der Waals surface area contributed by atoms with E-state index in [1.807, 2.05) is 0 Å². The number of hydrogen-bond acceptors (Lipinski definition) is 5. The summed E-state index contributed by atoms with van der Waals surface area (Å²) in [6.07, 6.45) is 0.946. The summed E-state index contributed by atoms with van der Waals surface area (Å²) in [4.78, 5) is 11.8. The van der Waals surface area contributed by atoms with Crippen LogP contribution in [-0.2, 0) is 14.8 Å². The van der Waals surface area contributed by atoms with Gasteiger partial charge in [-0.3, -0.25) is 4.79 Å². The zero-order chi connectivity index (χ0) is 12.2. The molecule has 0 aromatic heterocycles. The average Bonchev–Trinajstić information content (AvgIpc) is 2.09. The Morgan fingerprint density at radius 1 is 1.20 bits per heavy atom. The minimum atomic E-state index is -3.68. The molecule has 1 aliphatic heterocycles. The first-order valence-corrected chi connectivity index (χ1v) is 6.32. The normalized spacial score (nSPS) is 26.0. The first kappa shape index (κ1) is 12.4. The molecule has 1 fully saturated rings. The van der Waals surface area contributed by atoms with Crippen LogP contribution in [0.15, 0.2) is 0 Å². The third-order valence-electron chi connectivity index (χ3n) is 2.58. The number of nitrogens with zero attached hydrogens (tertiary/aromatic N) is 2. The summed E-state index contributed by atoms with van der Waals surface area (Å²) in [5.41, 5.74) is -2.49. The van der Waals surface area contributed by atoms with Crippen molar-refractivity contribution in [1.82, 2.24) is 9.37 Å². The second kappa shape index (κ2) is 2.93. The predicted molar refractivity (Wildman–Crippen MR) is 53.5 cm³/mol. The molecule has 0 spiro atoms. The van der Waals surface area contributed by atoms with Gasteiger partial charge in [0.25, 0.3) is 5.91 Å². The minimum absolute atomic E-state index is 0.627. The minimum Gasteiger partial charge on any atom is -0.311 e. The van der Waals surface area contributed by atoms with Gasteiger partial charge in [0.1, 0.15) is 11.2 Å². The van der Waals surface area contributed by atoms with Crippen LogP contribution < -0.4 is 0 Å². The molecule has 1 saturated heterocycles. The zero-order valence-corrected chi connectivity index (χ0v) is 10.3. The van der Waals surface area contributed by atoms with Crippen molar-refractivity contribution in [2.75, 3.05) is 6.26 Å². The van der Waals surface area contributed by atoms with Crippen LogP contribution >= 0.6 is 0 Å². The van der Waals surface area contributed by atoms with Crippen LogP contribution in [0.5, 0.6) is 0 Å². The molecule has 7 heteroatoms. The van der Waals surface area contributed by atoms with Crippen LogP contribution in [0.3, 0.4) is 0 Å². The number of carbonyl (C=O) groups excluding carboxylic acids is 1. The molecule has 0 unspecified atom stereocenters. The van der Waals surface area contributed by atoms with Crippen LogP contribution in [0, 0.1) is 0 Å². The summed E-state index contributed by atoms with van der Waals surface area (Å²) >= 11 is 0. The Morgan fingerprint density at radius 2 is 1.60 bits per heavy atom. The fourth-order valence-electron chi connectivity index (χ4n) is 1.91. The molecule has 15 heavy (non-hydrogen) atoms. The van der Waals surface area contributed by atoms with Gasteiger partial charge in [-0.25, -0.2) is 12.7 Å². The fraction of sp³-hybridized carbons (Fsp3) is 0.875. The van der Waals surface area contributed by atoms with Crippen molar-refractivity contribution in [3.05, 3.63) is 0 Å². The lowest BCUT2D eigenvalue weighted by Gasteiger charge is -2.34. The lowest BCUT2D eigenvalue weighted by atomic mass is 10.1. The molecular formula is C8H16N2O4S. The van der Waals surface area contributed by atoms with Gasteiger partial charge < -0.3 is 5.21 Å². The second-order valence-corrected chi connectivity index (χ2v) is 6.53. The number of rotatable bonds is 1. The van der Waals surface area contributed by atoms with E-state index in [9.17, 15) is 18.4 Å². The van der Waals surface area contributed by atoms with Crippen LogP contribution in [0.2, 0.25) is 0 Å². The first-order chi connectivity index (χ1) is 6.43. The molecule has 1 aliphatic rings. The number of hydroxylamine groups is 2. The van der Waals surface area contributed by atoms with Crippen molar-refractivity contribution in [1.29, 1.82) is 0 Å². The maximum Gasteiger partial charge on any atom is 0.260 e. The lowest BCUT2D eigenvalue weighted by molar-refractivity contribution is -0.202. The lowest BCUT2D eigenvalue weighted by Crippen LogP contribution is -2.51. The third kappa shape index (κ3) is 1.54. The van der Waals surface area contributed by atoms with E-state index in [-0.39, 0.29) is 0 Å². The summed E-state index contributed by atoms with van der Waals surface area (Å²) in [6, 6.07) is 0. The Labute approximate surface area is 89.5 Å². The molecule has 1 rings (SSSR count). The van der Waals surface area contributed by atoms with Gasteiger partial charge in [-0.05, 0) is 27.7 Å². The quantitative estimate of drug-likeness (QED) is 0.693. The Hall–Kier alpha value is -0.660. The van der Waals surface area contributed by atoms with Crippen molar-refractivity contribution in [3.8, 4) is 0 Å². The Kier molecular flexibility index (Phi) is 2.42. The van der Waals surface area contributed by atoms with Crippen LogP contribution in [0.25, 0.3) is 0 Å². The highest BCUT2D eigenvalue weighted by Crippen LogP contribution is 2.37. The van der Waals surface area contributed by atoms with E-state index in [0.717, 1.165) is 11.3 Å². The average molecular weight is 236 g/mol. The number of hydrogen-bond donors (Lipinski definition) is 1. The predicted octanol–water partition coefficient (Wildman–Crippen LogP) is -0.00590. The summed E-state index contributed by atoms with van der Waals surface area (Å²) < 4.78 is 23.6. The number of sulfonamides is 1. The van der Waals surface area contributed by atoms with Gasteiger partial charge in [0, 0.05) is 0 Å². The van der Waals surface area contributed by atoms with Crippen molar-refractivity contribution < 1.29 is 18.4 Å². The maximum atomic E-state index is 11.8. The first-order valence-electron chi connectivity index (χ1n) is 4.47. The van der Waals surface area contributed by atoms with Crippen molar-refractivity contribution in [2.24, 2.45) is 0 Å². The number of amides is 1. The highest BCUT2D eigenvalue weighted by atomic mass is 32.2. The van der Waals surface area contributed by atoms with Crippen LogP contribution in [0.4, 0.5) is 0 Å². The molecule has 0 saturated carbocycles. The van der Waals surface area contributed by atoms with Crippen LogP contribution in [0.1, 0.15) is 27.7 Å². The van der Waals surface area contributed by atoms with Gasteiger partial charge in [-0.2, -0.15) is 5.06 Å². The van der Waals surface area contributed by atoms with Gasteiger partial charge in [0.05, 0.1) is 6.26 Å². The molecule has 0 aromatic rings. The van der Waals surface area contributed by atoms with Gasteiger partial charge in [0.15, 0.2) is 0 Å². The summed E-state index contributed by atoms with van der Waals surface area (Å²) in [5, 5.41) is 10.6. The summed E-state index contributed by atoms with van der Waals surface area (Å²) in [5.74, 6) is -0.627. The zero-order valence-electron chi connectivity index (χ0n) is 9.47. The summed E-state index contributed by atoms with van der Waals surface area (Å²) in [6.45, 7) is 5.89. The van der Waals surface area contributed by atoms with Gasteiger partial charge >= 0.3 is 0 Å². The van der Waals surface area contributed by atoms with Crippen LogP contribution in [-0.4, -0.2) is 46.4 Å². The monoisotopic (exact) mass is 236 g/mol. The fourth-order valence-corrected chi connectivity index (χ4v) is 3.33. The van der Waals surface area contributed by atoms with E-state index in [0.29, 0.717) is 4.31 Å². The molecule has 1 N–H and O–H groups in total. The molecule has 0 atom stereocenters.